The Morgan fingerprint density at radius 1 is 1.24 bits per heavy atom. The van der Waals surface area contributed by atoms with E-state index >= 15 is 0 Å². The molecule has 2 fully saturated rings. The summed E-state index contributed by atoms with van der Waals surface area (Å²) in [5.41, 5.74) is 7.16. The summed E-state index contributed by atoms with van der Waals surface area (Å²) >= 11 is 11.8. The van der Waals surface area contributed by atoms with Crippen LogP contribution in [0.25, 0.3) is 0 Å². The number of hydrogen-bond acceptors (Lipinski definition) is 2. The molecular weight excluding hydrogens is 257 g/mol. The van der Waals surface area contributed by atoms with Crippen molar-refractivity contribution in [3.63, 3.8) is 0 Å². The first-order valence-electron chi connectivity index (χ1n) is 5.96. The van der Waals surface area contributed by atoms with E-state index < -0.39 is 0 Å². The predicted octanol–water partition coefficient (Wildman–Crippen LogP) is 3.25. The van der Waals surface area contributed by atoms with Crippen molar-refractivity contribution in [1.82, 2.24) is 0 Å². The van der Waals surface area contributed by atoms with Gasteiger partial charge in [-0.15, -0.1) is 0 Å². The quantitative estimate of drug-likeness (QED) is 0.916. The van der Waals surface area contributed by atoms with E-state index in [1.165, 1.54) is 6.42 Å². The van der Waals surface area contributed by atoms with Gasteiger partial charge in [-0.1, -0.05) is 29.3 Å². The fourth-order valence-corrected chi connectivity index (χ4v) is 3.08. The third-order valence-electron chi connectivity index (χ3n) is 3.88. The smallest absolute Gasteiger partial charge is 0.0736 e. The van der Waals surface area contributed by atoms with Gasteiger partial charge in [0.2, 0.25) is 0 Å². The van der Waals surface area contributed by atoms with E-state index in [4.69, 9.17) is 33.7 Å². The maximum Gasteiger partial charge on any atom is 0.0736 e. The Morgan fingerprint density at radius 3 is 2.71 bits per heavy atom. The van der Waals surface area contributed by atoms with Crippen LogP contribution in [-0.2, 0) is 11.3 Å². The average molecular weight is 272 g/mol. The van der Waals surface area contributed by atoms with Crippen LogP contribution in [-0.4, -0.2) is 12.1 Å². The standard InChI is InChI=1S/C13H15Cl2NO/c14-10-2-1-7(3-11(10)15)6-17-12-5-8-4-9(8)13(12)16/h1-3,8-9,12-13H,4-6,16H2. The highest BCUT2D eigenvalue weighted by Crippen LogP contribution is 2.52. The van der Waals surface area contributed by atoms with Gasteiger partial charge in [0.1, 0.15) is 0 Å². The summed E-state index contributed by atoms with van der Waals surface area (Å²) in [7, 11) is 0. The first-order valence-corrected chi connectivity index (χ1v) is 6.72. The van der Waals surface area contributed by atoms with Gasteiger partial charge in [-0.3, -0.25) is 0 Å². The maximum atomic E-state index is 6.11. The first kappa shape index (κ1) is 11.8. The number of halogens is 2. The lowest BCUT2D eigenvalue weighted by Crippen LogP contribution is -2.34. The summed E-state index contributed by atoms with van der Waals surface area (Å²) < 4.78 is 5.87. The van der Waals surface area contributed by atoms with Gasteiger partial charge in [-0.05, 0) is 42.4 Å². The van der Waals surface area contributed by atoms with Crippen molar-refractivity contribution in [2.45, 2.75) is 31.6 Å². The van der Waals surface area contributed by atoms with Crippen LogP contribution in [0.4, 0.5) is 0 Å². The molecule has 0 aliphatic heterocycles. The summed E-state index contributed by atoms with van der Waals surface area (Å²) in [6.45, 7) is 0.564. The van der Waals surface area contributed by atoms with Crippen molar-refractivity contribution in [3.8, 4) is 0 Å². The lowest BCUT2D eigenvalue weighted by Gasteiger charge is -2.19. The zero-order valence-corrected chi connectivity index (χ0v) is 10.9. The molecule has 2 aliphatic rings. The molecule has 17 heavy (non-hydrogen) atoms. The Bertz CT molecular complexity index is 437. The number of nitrogens with two attached hydrogens (primary N) is 1. The normalized spacial score (nSPS) is 34.8. The molecule has 4 unspecified atom stereocenters. The van der Waals surface area contributed by atoms with Gasteiger partial charge in [0.15, 0.2) is 0 Å². The van der Waals surface area contributed by atoms with Crippen LogP contribution in [0.3, 0.4) is 0 Å². The molecule has 2 saturated carbocycles. The largest absolute Gasteiger partial charge is 0.372 e. The monoisotopic (exact) mass is 271 g/mol. The first-order chi connectivity index (χ1) is 8.15. The van der Waals surface area contributed by atoms with Crippen LogP contribution in [0.1, 0.15) is 18.4 Å². The number of fused-ring (bicyclic) bond motifs is 1. The van der Waals surface area contributed by atoms with Crippen LogP contribution in [0.2, 0.25) is 10.0 Å². The van der Waals surface area contributed by atoms with Crippen molar-refractivity contribution in [2.75, 3.05) is 0 Å². The van der Waals surface area contributed by atoms with Crippen molar-refractivity contribution in [2.24, 2.45) is 17.6 Å². The molecule has 3 rings (SSSR count). The third-order valence-corrected chi connectivity index (χ3v) is 4.62. The summed E-state index contributed by atoms with van der Waals surface area (Å²) in [5, 5.41) is 1.15. The Kier molecular flexibility index (Phi) is 3.07. The second-order valence-corrected chi connectivity index (χ2v) is 5.89. The second-order valence-electron chi connectivity index (χ2n) is 5.07. The van der Waals surface area contributed by atoms with E-state index in [0.717, 1.165) is 17.9 Å². The van der Waals surface area contributed by atoms with Gasteiger partial charge in [-0.25, -0.2) is 0 Å². The van der Waals surface area contributed by atoms with Crippen molar-refractivity contribution in [1.29, 1.82) is 0 Å². The fourth-order valence-electron chi connectivity index (χ4n) is 2.76. The topological polar surface area (TPSA) is 35.2 Å². The van der Waals surface area contributed by atoms with Crippen LogP contribution in [0.5, 0.6) is 0 Å². The van der Waals surface area contributed by atoms with E-state index in [1.54, 1.807) is 6.07 Å². The molecule has 0 heterocycles. The van der Waals surface area contributed by atoms with Crippen LogP contribution in [0.15, 0.2) is 18.2 Å². The molecule has 1 aromatic rings. The number of hydrogen-bond donors (Lipinski definition) is 1. The van der Waals surface area contributed by atoms with Gasteiger partial charge in [0, 0.05) is 6.04 Å². The summed E-state index contributed by atoms with van der Waals surface area (Å²) in [5.74, 6) is 1.54. The Labute approximate surface area is 111 Å². The Morgan fingerprint density at radius 2 is 2.06 bits per heavy atom. The molecule has 92 valence electrons. The SMILES string of the molecule is NC1C(OCc2ccc(Cl)c(Cl)c2)CC2CC21. The molecule has 2 aliphatic carbocycles. The van der Waals surface area contributed by atoms with Crippen molar-refractivity contribution < 1.29 is 4.74 Å². The average Bonchev–Trinajstić information content (AvgIpc) is 3.01. The molecule has 0 saturated heterocycles. The van der Waals surface area contributed by atoms with Crippen molar-refractivity contribution >= 4 is 23.2 Å². The second kappa shape index (κ2) is 4.43. The summed E-state index contributed by atoms with van der Waals surface area (Å²) in [6, 6.07) is 5.82. The highest BCUT2D eigenvalue weighted by molar-refractivity contribution is 6.42. The zero-order valence-electron chi connectivity index (χ0n) is 9.40. The molecule has 0 amide bonds. The minimum atomic E-state index is 0.216. The van der Waals surface area contributed by atoms with Crippen LogP contribution in [0, 0.1) is 11.8 Å². The molecule has 0 bridgehead atoms. The summed E-state index contributed by atoms with van der Waals surface area (Å²) in [4.78, 5) is 0. The van der Waals surface area contributed by atoms with Crippen LogP contribution < -0.4 is 5.73 Å². The zero-order chi connectivity index (χ0) is 12.0. The maximum absolute atomic E-state index is 6.11. The molecule has 4 atom stereocenters. The fraction of sp³-hybridized carbons (Fsp3) is 0.538. The van der Waals surface area contributed by atoms with E-state index in [1.807, 2.05) is 12.1 Å². The molecule has 1 aromatic carbocycles. The third kappa shape index (κ3) is 2.32. The van der Waals surface area contributed by atoms with E-state index in [-0.39, 0.29) is 12.1 Å². The highest BCUT2D eigenvalue weighted by atomic mass is 35.5. The predicted molar refractivity (Wildman–Crippen MR) is 69.2 cm³/mol. The minimum absolute atomic E-state index is 0.216. The van der Waals surface area contributed by atoms with Gasteiger partial charge < -0.3 is 10.5 Å². The molecule has 2 N–H and O–H groups in total. The van der Waals surface area contributed by atoms with Crippen molar-refractivity contribution in [3.05, 3.63) is 33.8 Å². The number of benzene rings is 1. The minimum Gasteiger partial charge on any atom is -0.372 e. The van der Waals surface area contributed by atoms with Gasteiger partial charge >= 0.3 is 0 Å². The lowest BCUT2D eigenvalue weighted by molar-refractivity contribution is 0.0267. The highest BCUT2D eigenvalue weighted by Gasteiger charge is 2.52. The molecule has 0 aromatic heterocycles. The number of rotatable bonds is 3. The van der Waals surface area contributed by atoms with Gasteiger partial charge in [-0.2, -0.15) is 0 Å². The molecular formula is C13H15Cl2NO. The molecule has 0 spiro atoms. The van der Waals surface area contributed by atoms with Crippen LogP contribution >= 0.6 is 23.2 Å². The van der Waals surface area contributed by atoms with Gasteiger partial charge in [0.25, 0.3) is 0 Å². The molecule has 4 heteroatoms. The Hall–Kier alpha value is -0.280. The summed E-state index contributed by atoms with van der Waals surface area (Å²) in [6.07, 6.45) is 2.63. The molecule has 2 nitrogen and oxygen atoms in total. The number of ether oxygens (including phenoxy) is 1. The van der Waals surface area contributed by atoms with E-state index in [0.29, 0.717) is 22.6 Å². The molecule has 0 radical (unpaired) electrons. The van der Waals surface area contributed by atoms with E-state index in [9.17, 15) is 0 Å². The Balaban J connectivity index is 1.58. The lowest BCUT2D eigenvalue weighted by atomic mass is 10.1. The van der Waals surface area contributed by atoms with Gasteiger partial charge in [0.05, 0.1) is 22.8 Å². The van der Waals surface area contributed by atoms with E-state index in [2.05, 4.69) is 0 Å².